The molecule has 1 N–H and O–H groups in total. The van der Waals surface area contributed by atoms with E-state index in [4.69, 9.17) is 11.6 Å². The standard InChI is InChI=1S/C14H16ClN5O2/c1-9-6-11(15)3-2-10(9)7-16-13(21)8-19-14(22)20(18-17-19)12-4-5-12/h2-3,6,12H,4-5,7-8H2,1H3,(H,16,21). The second kappa shape index (κ2) is 5.92. The molecule has 7 nitrogen and oxygen atoms in total. The summed E-state index contributed by atoms with van der Waals surface area (Å²) in [6.45, 7) is 2.19. The molecule has 1 aromatic carbocycles. The lowest BCUT2D eigenvalue weighted by atomic mass is 10.1. The van der Waals surface area contributed by atoms with E-state index in [1.807, 2.05) is 19.1 Å². The second-order valence-electron chi connectivity index (χ2n) is 5.44. The predicted molar refractivity (Wildman–Crippen MR) is 80.6 cm³/mol. The third-order valence-corrected chi connectivity index (χ3v) is 3.86. The monoisotopic (exact) mass is 321 g/mol. The average molecular weight is 322 g/mol. The minimum atomic E-state index is -0.333. The molecule has 2 aromatic rings. The highest BCUT2D eigenvalue weighted by Gasteiger charge is 2.28. The number of halogens is 1. The zero-order valence-electron chi connectivity index (χ0n) is 12.1. The zero-order valence-corrected chi connectivity index (χ0v) is 12.9. The first-order chi connectivity index (χ1) is 10.5. The highest BCUT2D eigenvalue weighted by atomic mass is 35.5. The quantitative estimate of drug-likeness (QED) is 0.892. The Morgan fingerprint density at radius 2 is 2.18 bits per heavy atom. The van der Waals surface area contributed by atoms with E-state index >= 15 is 0 Å². The Bertz CT molecular complexity index is 763. The van der Waals surface area contributed by atoms with Gasteiger partial charge in [0.2, 0.25) is 5.91 Å². The maximum absolute atomic E-state index is 12.0. The van der Waals surface area contributed by atoms with Gasteiger partial charge >= 0.3 is 5.69 Å². The van der Waals surface area contributed by atoms with Gasteiger partial charge in [-0.2, -0.15) is 9.36 Å². The normalized spacial score (nSPS) is 14.1. The summed E-state index contributed by atoms with van der Waals surface area (Å²) < 4.78 is 2.43. The number of tetrazole rings is 1. The van der Waals surface area contributed by atoms with Gasteiger partial charge in [-0.15, -0.1) is 0 Å². The van der Waals surface area contributed by atoms with Crippen molar-refractivity contribution >= 4 is 17.5 Å². The predicted octanol–water partition coefficient (Wildman–Crippen LogP) is 1.05. The van der Waals surface area contributed by atoms with Gasteiger partial charge in [-0.1, -0.05) is 17.7 Å². The van der Waals surface area contributed by atoms with Crippen molar-refractivity contribution < 1.29 is 4.79 Å². The summed E-state index contributed by atoms with van der Waals surface area (Å²) in [7, 11) is 0. The highest BCUT2D eigenvalue weighted by Crippen LogP contribution is 2.32. The average Bonchev–Trinajstić information content (AvgIpc) is 3.24. The molecule has 116 valence electrons. The lowest BCUT2D eigenvalue weighted by Crippen LogP contribution is -2.33. The molecule has 0 radical (unpaired) electrons. The van der Waals surface area contributed by atoms with Crippen LogP contribution >= 0.6 is 11.6 Å². The molecule has 0 aliphatic heterocycles. The van der Waals surface area contributed by atoms with E-state index < -0.39 is 0 Å². The van der Waals surface area contributed by atoms with Crippen molar-refractivity contribution in [1.29, 1.82) is 0 Å². The number of nitrogens with one attached hydrogen (secondary N) is 1. The van der Waals surface area contributed by atoms with Crippen LogP contribution in [0.25, 0.3) is 0 Å². The lowest BCUT2D eigenvalue weighted by molar-refractivity contribution is -0.122. The fraction of sp³-hybridized carbons (Fsp3) is 0.429. The summed E-state index contributed by atoms with van der Waals surface area (Å²) in [5.74, 6) is -0.278. The lowest BCUT2D eigenvalue weighted by Gasteiger charge is -2.08. The van der Waals surface area contributed by atoms with Crippen LogP contribution in [0.4, 0.5) is 0 Å². The van der Waals surface area contributed by atoms with E-state index in [0.717, 1.165) is 28.7 Å². The number of hydrogen-bond acceptors (Lipinski definition) is 4. The van der Waals surface area contributed by atoms with Crippen molar-refractivity contribution in [1.82, 2.24) is 25.1 Å². The fourth-order valence-corrected chi connectivity index (χ4v) is 2.40. The van der Waals surface area contributed by atoms with Gasteiger partial charge in [0.1, 0.15) is 6.54 Å². The number of rotatable bonds is 5. The Labute approximate surface area is 131 Å². The highest BCUT2D eigenvalue weighted by molar-refractivity contribution is 6.30. The summed E-state index contributed by atoms with van der Waals surface area (Å²) in [6.07, 6.45) is 1.89. The van der Waals surface area contributed by atoms with Gasteiger partial charge in [0.15, 0.2) is 0 Å². The molecule has 1 aliphatic carbocycles. The van der Waals surface area contributed by atoms with Gasteiger partial charge in [0, 0.05) is 11.6 Å². The van der Waals surface area contributed by atoms with Crippen LogP contribution in [-0.2, 0) is 17.9 Å². The number of aromatic nitrogens is 4. The minimum Gasteiger partial charge on any atom is -0.350 e. The van der Waals surface area contributed by atoms with E-state index in [9.17, 15) is 9.59 Å². The topological polar surface area (TPSA) is 81.8 Å². The van der Waals surface area contributed by atoms with Gasteiger partial charge in [-0.3, -0.25) is 4.79 Å². The number of amides is 1. The number of benzene rings is 1. The first-order valence-electron chi connectivity index (χ1n) is 7.08. The SMILES string of the molecule is Cc1cc(Cl)ccc1CNC(=O)Cn1nnn(C2CC2)c1=O. The van der Waals surface area contributed by atoms with Crippen molar-refractivity contribution in [2.24, 2.45) is 0 Å². The van der Waals surface area contributed by atoms with Crippen LogP contribution in [0.5, 0.6) is 0 Å². The van der Waals surface area contributed by atoms with Crippen LogP contribution in [-0.4, -0.2) is 25.7 Å². The van der Waals surface area contributed by atoms with Crippen LogP contribution in [0, 0.1) is 6.92 Å². The molecular formula is C14H16ClN5O2. The van der Waals surface area contributed by atoms with Crippen molar-refractivity contribution in [3.05, 3.63) is 44.8 Å². The van der Waals surface area contributed by atoms with Crippen molar-refractivity contribution in [2.45, 2.75) is 38.9 Å². The van der Waals surface area contributed by atoms with Gasteiger partial charge in [-0.25, -0.2) is 4.79 Å². The molecule has 1 heterocycles. The van der Waals surface area contributed by atoms with Gasteiger partial charge < -0.3 is 5.32 Å². The molecule has 0 saturated heterocycles. The molecule has 8 heteroatoms. The Balaban J connectivity index is 1.59. The molecule has 0 unspecified atom stereocenters. The molecule has 1 aliphatic rings. The number of carbonyl (C=O) groups is 1. The maximum atomic E-state index is 12.0. The van der Waals surface area contributed by atoms with Gasteiger partial charge in [-0.05, 0) is 53.5 Å². The fourth-order valence-electron chi connectivity index (χ4n) is 2.18. The van der Waals surface area contributed by atoms with Crippen molar-refractivity contribution in [3.8, 4) is 0 Å². The van der Waals surface area contributed by atoms with Crippen molar-refractivity contribution in [3.63, 3.8) is 0 Å². The molecular weight excluding hydrogens is 306 g/mol. The summed E-state index contributed by atoms with van der Waals surface area (Å²) in [5.41, 5.74) is 1.65. The second-order valence-corrected chi connectivity index (χ2v) is 5.88. The Morgan fingerprint density at radius 3 is 2.86 bits per heavy atom. The molecule has 0 atom stereocenters. The van der Waals surface area contributed by atoms with Crippen LogP contribution < -0.4 is 11.0 Å². The third-order valence-electron chi connectivity index (χ3n) is 3.63. The number of aryl methyl sites for hydroxylation is 1. The van der Waals surface area contributed by atoms with Gasteiger partial charge in [0.05, 0.1) is 6.04 Å². The molecule has 1 aromatic heterocycles. The first kappa shape index (κ1) is 14.8. The van der Waals surface area contributed by atoms with Crippen LogP contribution in [0.3, 0.4) is 0 Å². The molecule has 0 bridgehead atoms. The summed E-state index contributed by atoms with van der Waals surface area (Å²) in [4.78, 5) is 23.9. The summed E-state index contributed by atoms with van der Waals surface area (Å²) in [6, 6.07) is 5.64. The Morgan fingerprint density at radius 1 is 1.41 bits per heavy atom. The van der Waals surface area contributed by atoms with E-state index in [0.29, 0.717) is 11.6 Å². The molecule has 0 spiro atoms. The smallest absolute Gasteiger partial charge is 0.350 e. The largest absolute Gasteiger partial charge is 0.364 e. The molecule has 1 saturated carbocycles. The van der Waals surface area contributed by atoms with E-state index in [-0.39, 0.29) is 24.2 Å². The first-order valence-corrected chi connectivity index (χ1v) is 7.46. The molecule has 1 amide bonds. The minimum absolute atomic E-state index is 0.127. The maximum Gasteiger partial charge on any atom is 0.364 e. The van der Waals surface area contributed by atoms with E-state index in [1.165, 1.54) is 4.68 Å². The van der Waals surface area contributed by atoms with Crippen LogP contribution in [0.1, 0.15) is 30.0 Å². The number of nitrogens with zero attached hydrogens (tertiary/aromatic N) is 4. The van der Waals surface area contributed by atoms with E-state index in [2.05, 4.69) is 15.7 Å². The Hall–Kier alpha value is -2.15. The zero-order chi connectivity index (χ0) is 15.7. The molecule has 1 fully saturated rings. The van der Waals surface area contributed by atoms with Crippen molar-refractivity contribution in [2.75, 3.05) is 0 Å². The summed E-state index contributed by atoms with van der Waals surface area (Å²) in [5, 5.41) is 11.0. The van der Waals surface area contributed by atoms with E-state index in [1.54, 1.807) is 6.07 Å². The molecule has 3 rings (SSSR count). The Kier molecular flexibility index (Phi) is 3.98. The van der Waals surface area contributed by atoms with Crippen LogP contribution in [0.2, 0.25) is 5.02 Å². The number of carbonyl (C=O) groups excluding carboxylic acids is 1. The molecule has 22 heavy (non-hydrogen) atoms. The summed E-state index contributed by atoms with van der Waals surface area (Å²) >= 11 is 5.89. The number of hydrogen-bond donors (Lipinski definition) is 1. The third kappa shape index (κ3) is 3.19. The van der Waals surface area contributed by atoms with Crippen LogP contribution in [0.15, 0.2) is 23.0 Å². The van der Waals surface area contributed by atoms with Gasteiger partial charge in [0.25, 0.3) is 0 Å².